The third kappa shape index (κ3) is 1.90. The fraction of sp³-hybridized carbons (Fsp3) is 0.500. The summed E-state index contributed by atoms with van der Waals surface area (Å²) in [6.45, 7) is 4.67. The Kier molecular flexibility index (Phi) is 3.05. The molecule has 2 aliphatic rings. The summed E-state index contributed by atoms with van der Waals surface area (Å²) < 4.78 is 5.77. The number of hydrogen-bond acceptors (Lipinski definition) is 3. The van der Waals surface area contributed by atoms with E-state index >= 15 is 0 Å². The first-order chi connectivity index (χ1) is 10.6. The van der Waals surface area contributed by atoms with Gasteiger partial charge in [0.15, 0.2) is 0 Å². The molecular formula is C18H22N2O2. The van der Waals surface area contributed by atoms with Crippen LogP contribution in [0, 0.1) is 5.92 Å². The number of fused-ring (bicyclic) bond motifs is 2. The summed E-state index contributed by atoms with van der Waals surface area (Å²) in [5.74, 6) is 0.419. The van der Waals surface area contributed by atoms with Crippen molar-refractivity contribution in [1.82, 2.24) is 9.88 Å². The van der Waals surface area contributed by atoms with Crippen molar-refractivity contribution in [1.29, 1.82) is 0 Å². The van der Waals surface area contributed by atoms with Crippen molar-refractivity contribution in [3.05, 3.63) is 35.5 Å². The molecular weight excluding hydrogens is 276 g/mol. The molecule has 22 heavy (non-hydrogen) atoms. The summed E-state index contributed by atoms with van der Waals surface area (Å²) in [5, 5.41) is 1.34. The Balaban J connectivity index is 1.88. The number of ether oxygens (including phenoxy) is 1. The molecule has 2 heterocycles. The van der Waals surface area contributed by atoms with E-state index in [1.165, 1.54) is 29.0 Å². The minimum atomic E-state index is -0.174. The van der Waals surface area contributed by atoms with Crippen LogP contribution in [-0.2, 0) is 16.0 Å². The van der Waals surface area contributed by atoms with Crippen molar-refractivity contribution < 1.29 is 9.53 Å². The first-order valence-corrected chi connectivity index (χ1v) is 8.02. The second-order valence-corrected chi connectivity index (χ2v) is 6.87. The van der Waals surface area contributed by atoms with Gasteiger partial charge in [-0.25, -0.2) is 0 Å². The summed E-state index contributed by atoms with van der Waals surface area (Å²) in [6.07, 6.45) is 3.12. The summed E-state index contributed by atoms with van der Waals surface area (Å²) in [5.41, 5.74) is 3.90. The van der Waals surface area contributed by atoms with Gasteiger partial charge in [-0.05, 0) is 30.7 Å². The average Bonchev–Trinajstić information content (AvgIpc) is 2.88. The van der Waals surface area contributed by atoms with E-state index in [-0.39, 0.29) is 18.0 Å². The van der Waals surface area contributed by atoms with Gasteiger partial charge in [-0.3, -0.25) is 4.79 Å². The van der Waals surface area contributed by atoms with E-state index in [0.29, 0.717) is 12.0 Å². The number of likely N-dealkylation sites (N-methyl/N-ethyl adjacent to an activating group) is 1. The van der Waals surface area contributed by atoms with E-state index in [1.54, 1.807) is 0 Å². The number of carbonyl (C=O) groups excluding carboxylic acids is 1. The zero-order valence-electron chi connectivity index (χ0n) is 13.3. The number of carbonyl (C=O) groups is 1. The molecule has 2 unspecified atom stereocenters. The Morgan fingerprint density at radius 3 is 3.00 bits per heavy atom. The Morgan fingerprint density at radius 2 is 2.23 bits per heavy atom. The molecule has 1 aromatic carbocycles. The number of aromatic nitrogens is 1. The van der Waals surface area contributed by atoms with Crippen LogP contribution in [0.25, 0.3) is 10.9 Å². The van der Waals surface area contributed by atoms with Gasteiger partial charge < -0.3 is 14.6 Å². The van der Waals surface area contributed by atoms with Crippen molar-refractivity contribution in [2.75, 3.05) is 13.6 Å². The predicted octanol–water partition coefficient (Wildman–Crippen LogP) is 2.69. The standard InChI is InChI=1S/C18H22N2O2/c1-10-9-20(3)15-7-12-8-19-14-6-4-5-13(16(12)14)17(15)18(10)22-11(2)21/h4-6,8,10,15,17-19H,7,9H2,1-3H3/t10?,15-,17-,18?/m1/s1. The van der Waals surface area contributed by atoms with Crippen LogP contribution in [-0.4, -0.2) is 41.6 Å². The lowest BCUT2D eigenvalue weighted by molar-refractivity contribution is -0.155. The van der Waals surface area contributed by atoms with E-state index in [2.05, 4.69) is 48.3 Å². The number of rotatable bonds is 1. The highest BCUT2D eigenvalue weighted by atomic mass is 16.5. The van der Waals surface area contributed by atoms with E-state index in [1.807, 2.05) is 0 Å². The second-order valence-electron chi connectivity index (χ2n) is 6.87. The molecule has 4 rings (SSSR count). The normalized spacial score (nSPS) is 31.0. The van der Waals surface area contributed by atoms with Crippen molar-refractivity contribution in [3.8, 4) is 0 Å². The molecule has 1 fully saturated rings. The van der Waals surface area contributed by atoms with E-state index < -0.39 is 0 Å². The molecule has 1 aromatic heterocycles. The summed E-state index contributed by atoms with van der Waals surface area (Å²) in [4.78, 5) is 17.4. The summed E-state index contributed by atoms with van der Waals surface area (Å²) >= 11 is 0. The van der Waals surface area contributed by atoms with Crippen LogP contribution in [0.15, 0.2) is 24.4 Å². The predicted molar refractivity (Wildman–Crippen MR) is 85.9 cm³/mol. The molecule has 1 saturated heterocycles. The molecule has 1 aliphatic heterocycles. The Labute approximate surface area is 130 Å². The zero-order chi connectivity index (χ0) is 15.4. The molecule has 0 bridgehead atoms. The molecule has 4 heteroatoms. The van der Waals surface area contributed by atoms with Crippen molar-refractivity contribution in [2.24, 2.45) is 5.92 Å². The summed E-state index contributed by atoms with van der Waals surface area (Å²) in [7, 11) is 2.19. The lowest BCUT2D eigenvalue weighted by Crippen LogP contribution is -2.55. The maximum absolute atomic E-state index is 11.6. The number of benzene rings is 1. The Morgan fingerprint density at radius 1 is 1.41 bits per heavy atom. The van der Waals surface area contributed by atoms with Gasteiger partial charge in [0.05, 0.1) is 0 Å². The van der Waals surface area contributed by atoms with Gasteiger partial charge in [0.2, 0.25) is 0 Å². The topological polar surface area (TPSA) is 45.3 Å². The first kappa shape index (κ1) is 13.8. The lowest BCUT2D eigenvalue weighted by Gasteiger charge is -2.48. The molecule has 4 atom stereocenters. The fourth-order valence-corrected chi connectivity index (χ4v) is 4.54. The largest absolute Gasteiger partial charge is 0.462 e. The van der Waals surface area contributed by atoms with Gasteiger partial charge in [0.25, 0.3) is 0 Å². The van der Waals surface area contributed by atoms with Crippen LogP contribution in [0.4, 0.5) is 0 Å². The smallest absolute Gasteiger partial charge is 0.302 e. The van der Waals surface area contributed by atoms with Crippen molar-refractivity contribution >= 4 is 16.9 Å². The number of hydrogen-bond donors (Lipinski definition) is 1. The summed E-state index contributed by atoms with van der Waals surface area (Å²) in [6, 6.07) is 6.83. The van der Waals surface area contributed by atoms with Gasteiger partial charge in [-0.2, -0.15) is 0 Å². The Hall–Kier alpha value is -1.81. The number of esters is 1. The molecule has 2 aromatic rings. The quantitative estimate of drug-likeness (QED) is 0.823. The third-order valence-corrected chi connectivity index (χ3v) is 5.38. The van der Waals surface area contributed by atoms with Crippen LogP contribution < -0.4 is 0 Å². The fourth-order valence-electron chi connectivity index (χ4n) is 4.54. The molecule has 4 nitrogen and oxygen atoms in total. The van der Waals surface area contributed by atoms with Gasteiger partial charge in [-0.15, -0.1) is 0 Å². The first-order valence-electron chi connectivity index (χ1n) is 8.02. The van der Waals surface area contributed by atoms with Gasteiger partial charge in [0.1, 0.15) is 6.10 Å². The molecule has 1 N–H and O–H groups in total. The van der Waals surface area contributed by atoms with Crippen LogP contribution in [0.1, 0.15) is 30.9 Å². The number of piperidine rings is 1. The minimum Gasteiger partial charge on any atom is -0.462 e. The number of nitrogens with zero attached hydrogens (tertiary/aromatic N) is 1. The van der Waals surface area contributed by atoms with E-state index in [0.717, 1.165) is 13.0 Å². The zero-order valence-corrected chi connectivity index (χ0v) is 13.3. The maximum atomic E-state index is 11.6. The molecule has 0 radical (unpaired) electrons. The van der Waals surface area contributed by atoms with Crippen molar-refractivity contribution in [3.63, 3.8) is 0 Å². The third-order valence-electron chi connectivity index (χ3n) is 5.38. The molecule has 1 aliphatic carbocycles. The second kappa shape index (κ2) is 4.85. The highest BCUT2D eigenvalue weighted by molar-refractivity contribution is 5.88. The number of H-pyrrole nitrogens is 1. The Bertz CT molecular complexity index is 736. The van der Waals surface area contributed by atoms with Crippen LogP contribution in [0.2, 0.25) is 0 Å². The van der Waals surface area contributed by atoms with Gasteiger partial charge in [-0.1, -0.05) is 19.1 Å². The average molecular weight is 298 g/mol. The lowest BCUT2D eigenvalue weighted by atomic mass is 9.71. The SMILES string of the molecule is CC(=O)OC1C(C)CN(C)[C@@H]2Cc3c[nH]c4cccc(c34)[C@@H]12. The van der Waals surface area contributed by atoms with Crippen molar-refractivity contribution in [2.45, 2.75) is 38.3 Å². The number of likely N-dealkylation sites (tertiary alicyclic amines) is 1. The molecule has 116 valence electrons. The van der Waals surface area contributed by atoms with Gasteiger partial charge in [0, 0.05) is 48.4 Å². The number of aromatic amines is 1. The van der Waals surface area contributed by atoms with Crippen LogP contribution >= 0.6 is 0 Å². The molecule has 0 saturated carbocycles. The van der Waals surface area contributed by atoms with Crippen LogP contribution in [0.3, 0.4) is 0 Å². The minimum absolute atomic E-state index is 0.0349. The molecule has 0 spiro atoms. The van der Waals surface area contributed by atoms with E-state index in [9.17, 15) is 4.79 Å². The maximum Gasteiger partial charge on any atom is 0.302 e. The highest BCUT2D eigenvalue weighted by Crippen LogP contribution is 2.45. The monoisotopic (exact) mass is 298 g/mol. The van der Waals surface area contributed by atoms with Gasteiger partial charge >= 0.3 is 5.97 Å². The van der Waals surface area contributed by atoms with Crippen LogP contribution in [0.5, 0.6) is 0 Å². The number of nitrogens with one attached hydrogen (secondary N) is 1. The molecule has 0 amide bonds. The van der Waals surface area contributed by atoms with E-state index in [4.69, 9.17) is 4.74 Å². The highest BCUT2D eigenvalue weighted by Gasteiger charge is 2.46.